The van der Waals surface area contributed by atoms with Gasteiger partial charge in [0.05, 0.1) is 48.8 Å². The van der Waals surface area contributed by atoms with Gasteiger partial charge in [-0.15, -0.1) is 46.4 Å². The molecule has 6 rings (SSSR count). The fourth-order valence-electron chi connectivity index (χ4n) is 10.7. The van der Waals surface area contributed by atoms with E-state index in [2.05, 4.69) is 10.8 Å². The minimum Gasteiger partial charge on any atom is -0.481 e. The number of carbonyl (C=O) groups is 3. The molecule has 8 unspecified atom stereocenters. The molecule has 0 aromatic carbocycles. The zero-order valence-corrected chi connectivity index (χ0v) is 34.5. The highest BCUT2D eigenvalue weighted by Crippen LogP contribution is 2.42. The van der Waals surface area contributed by atoms with E-state index in [0.717, 1.165) is 88.9 Å². The average molecular weight is 841 g/mol. The van der Waals surface area contributed by atoms with Crippen molar-refractivity contribution < 1.29 is 38.9 Å². The molecule has 14 heteroatoms. The molecule has 8 atom stereocenters. The maximum absolute atomic E-state index is 13.1. The number of hydrogen-bond acceptors (Lipinski definition) is 7. The number of halogens is 4. The van der Waals surface area contributed by atoms with Crippen molar-refractivity contribution in [2.24, 2.45) is 35.5 Å². The van der Waals surface area contributed by atoms with Crippen LogP contribution in [0.2, 0.25) is 0 Å². The number of carboxylic acid groups (broad SMARTS) is 2. The van der Waals surface area contributed by atoms with Crippen LogP contribution in [0, 0.1) is 35.5 Å². The van der Waals surface area contributed by atoms with Crippen molar-refractivity contribution in [1.82, 2.24) is 10.8 Å². The van der Waals surface area contributed by atoms with Gasteiger partial charge in [-0.1, -0.05) is 0 Å². The number of carboxylic acids is 2. The number of ether oxygens (including phenoxy) is 2. The summed E-state index contributed by atoms with van der Waals surface area (Å²) in [6, 6.07) is 0.247. The molecule has 0 saturated heterocycles. The van der Waals surface area contributed by atoms with Gasteiger partial charge in [-0.2, -0.15) is 5.48 Å². The van der Waals surface area contributed by atoms with Crippen molar-refractivity contribution in [1.29, 1.82) is 0 Å². The van der Waals surface area contributed by atoms with E-state index in [-0.39, 0.29) is 42.0 Å². The first-order chi connectivity index (χ1) is 26.0. The second kappa shape index (κ2) is 20.4. The largest absolute Gasteiger partial charge is 0.481 e. The maximum atomic E-state index is 13.1. The molecule has 1 amide bonds. The van der Waals surface area contributed by atoms with E-state index in [4.69, 9.17) is 60.7 Å². The zero-order chi connectivity index (χ0) is 38.4. The minimum atomic E-state index is -1.05. The number of amides is 1. The fraction of sp³-hybridized carbons (Fsp3) is 0.925. The van der Waals surface area contributed by atoms with Crippen LogP contribution >= 0.6 is 46.4 Å². The van der Waals surface area contributed by atoms with E-state index in [0.29, 0.717) is 44.0 Å². The Kier molecular flexibility index (Phi) is 16.2. The summed E-state index contributed by atoms with van der Waals surface area (Å²) >= 11 is 25.6. The predicted molar refractivity (Wildman–Crippen MR) is 209 cm³/mol. The average Bonchev–Trinajstić information content (AvgIpc) is 3.15. The summed E-state index contributed by atoms with van der Waals surface area (Å²) in [6.45, 7) is 0.249. The van der Waals surface area contributed by atoms with Crippen molar-refractivity contribution in [3.63, 3.8) is 0 Å². The van der Waals surface area contributed by atoms with Crippen LogP contribution in [-0.2, 0) is 28.7 Å². The van der Waals surface area contributed by atoms with E-state index in [9.17, 15) is 24.6 Å². The number of nitrogens with one attached hydrogen (secondary N) is 2. The summed E-state index contributed by atoms with van der Waals surface area (Å²) < 4.78 is 13.2. The number of rotatable bonds is 13. The van der Waals surface area contributed by atoms with E-state index < -0.39 is 45.8 Å². The molecule has 0 aromatic heterocycles. The number of aliphatic carboxylic acids is 2. The quantitative estimate of drug-likeness (QED) is 0.107. The van der Waals surface area contributed by atoms with E-state index in [1.807, 2.05) is 0 Å². The first-order valence-electron chi connectivity index (χ1n) is 21.0. The smallest absolute Gasteiger partial charge is 0.308 e. The molecule has 54 heavy (non-hydrogen) atoms. The second-order valence-corrected chi connectivity index (χ2v) is 19.6. The maximum Gasteiger partial charge on any atom is 0.308 e. The molecule has 6 fully saturated rings. The molecular weight excluding hydrogens is 778 g/mol. The Morgan fingerprint density at radius 1 is 0.481 bits per heavy atom. The SMILES string of the molecule is O=C(O)C1C(Cl)CCC(Cl)C1CONC1CCC(OC2CCC(C3CCC(OC4CCC(NC(=O)C5C(Cl)CCC(Cl)C5C(=O)O)CC4)CC3)CC2)CC1. The van der Waals surface area contributed by atoms with Gasteiger partial charge in [-0.3, -0.25) is 14.4 Å². The normalized spacial score (nSPS) is 43.6. The van der Waals surface area contributed by atoms with Gasteiger partial charge in [0, 0.05) is 39.5 Å². The first kappa shape index (κ1) is 43.0. The number of hydroxylamine groups is 1. The molecule has 6 aliphatic rings. The van der Waals surface area contributed by atoms with Crippen molar-refractivity contribution in [3.8, 4) is 0 Å². The number of hydrogen-bond donors (Lipinski definition) is 4. The lowest BCUT2D eigenvalue weighted by Crippen LogP contribution is -2.51. The van der Waals surface area contributed by atoms with Gasteiger partial charge in [0.2, 0.25) is 5.91 Å². The predicted octanol–water partition coefficient (Wildman–Crippen LogP) is 8.05. The van der Waals surface area contributed by atoms with Crippen LogP contribution in [0.25, 0.3) is 0 Å². The van der Waals surface area contributed by atoms with Gasteiger partial charge >= 0.3 is 11.9 Å². The molecule has 0 heterocycles. The van der Waals surface area contributed by atoms with Gasteiger partial charge in [-0.05, 0) is 140 Å². The van der Waals surface area contributed by atoms with Crippen LogP contribution in [-0.4, -0.2) is 92.7 Å². The van der Waals surface area contributed by atoms with Crippen molar-refractivity contribution in [2.75, 3.05) is 6.61 Å². The first-order valence-corrected chi connectivity index (χ1v) is 22.7. The molecular formula is C40H62Cl4N2O8. The van der Waals surface area contributed by atoms with Crippen LogP contribution < -0.4 is 10.8 Å². The number of alkyl halides is 4. The third-order valence-corrected chi connectivity index (χ3v) is 15.9. The Bertz CT molecular complexity index is 1220. The molecule has 0 aliphatic heterocycles. The Hall–Kier alpha value is -0.590. The van der Waals surface area contributed by atoms with Gasteiger partial charge in [0.15, 0.2) is 0 Å². The molecule has 308 valence electrons. The molecule has 4 N–H and O–H groups in total. The third-order valence-electron chi connectivity index (χ3n) is 13.9. The van der Waals surface area contributed by atoms with Gasteiger partial charge < -0.3 is 29.8 Å². The summed E-state index contributed by atoms with van der Waals surface area (Å²) in [5.74, 6) is -3.44. The standard InChI is InChI=1S/C40H62Cl4N2O8/c41-31-17-18-32(42)35(39(48)49)30(31)21-52-46-25-7-15-29(16-8-25)54-27-11-3-23(4-12-27)22-1-9-26(10-2-22)53-28-13-5-24(6-14-28)45-38(47)36-33(43)19-20-34(44)37(36)40(50)51/h22-37,46H,1-21H2,(H,45,47)(H,48,49)(H,50,51). The molecule has 6 aliphatic carbocycles. The molecule has 0 radical (unpaired) electrons. The van der Waals surface area contributed by atoms with E-state index in [1.54, 1.807) is 0 Å². The monoisotopic (exact) mass is 838 g/mol. The summed E-state index contributed by atoms with van der Waals surface area (Å²) in [5.41, 5.74) is 3.19. The summed E-state index contributed by atoms with van der Waals surface area (Å²) in [7, 11) is 0. The Morgan fingerprint density at radius 2 is 0.870 bits per heavy atom. The van der Waals surface area contributed by atoms with Crippen LogP contribution in [0.1, 0.15) is 128 Å². The van der Waals surface area contributed by atoms with Gasteiger partial charge in [0.25, 0.3) is 0 Å². The highest BCUT2D eigenvalue weighted by molar-refractivity contribution is 6.25. The van der Waals surface area contributed by atoms with Crippen LogP contribution in [0.5, 0.6) is 0 Å². The lowest BCUT2D eigenvalue weighted by molar-refractivity contribution is -0.148. The summed E-state index contributed by atoms with van der Waals surface area (Å²) in [6.07, 6.45) is 20.4. The van der Waals surface area contributed by atoms with E-state index >= 15 is 0 Å². The third kappa shape index (κ3) is 11.3. The fourth-order valence-corrected chi connectivity index (χ4v) is 12.2. The summed E-state index contributed by atoms with van der Waals surface area (Å²) in [4.78, 5) is 42.6. The summed E-state index contributed by atoms with van der Waals surface area (Å²) in [5, 5.41) is 20.7. The molecule has 10 nitrogen and oxygen atoms in total. The van der Waals surface area contributed by atoms with Crippen molar-refractivity contribution in [2.45, 2.75) is 186 Å². The number of carbonyl (C=O) groups excluding carboxylic acids is 1. The van der Waals surface area contributed by atoms with Crippen LogP contribution in [0.3, 0.4) is 0 Å². The molecule has 0 aromatic rings. The topological polar surface area (TPSA) is 143 Å². The lowest BCUT2D eigenvalue weighted by Gasteiger charge is -2.40. The van der Waals surface area contributed by atoms with Crippen LogP contribution in [0.4, 0.5) is 0 Å². The Morgan fingerprint density at radius 3 is 1.33 bits per heavy atom. The second-order valence-electron chi connectivity index (χ2n) is 17.4. The van der Waals surface area contributed by atoms with Crippen molar-refractivity contribution in [3.05, 3.63) is 0 Å². The van der Waals surface area contributed by atoms with Crippen molar-refractivity contribution >= 4 is 64.2 Å². The van der Waals surface area contributed by atoms with Gasteiger partial charge in [0.1, 0.15) is 0 Å². The van der Waals surface area contributed by atoms with E-state index in [1.165, 1.54) is 25.7 Å². The zero-order valence-electron chi connectivity index (χ0n) is 31.4. The molecule has 6 saturated carbocycles. The Labute approximate surface area is 341 Å². The lowest BCUT2D eigenvalue weighted by atomic mass is 9.72. The highest BCUT2D eigenvalue weighted by atomic mass is 35.5. The van der Waals surface area contributed by atoms with Crippen LogP contribution in [0.15, 0.2) is 0 Å². The molecule has 0 spiro atoms. The minimum absolute atomic E-state index is 0.0148. The highest BCUT2D eigenvalue weighted by Gasteiger charge is 2.47. The Balaban J connectivity index is 0.814. The molecule has 0 bridgehead atoms. The van der Waals surface area contributed by atoms with Gasteiger partial charge in [-0.25, -0.2) is 0 Å².